The van der Waals surface area contributed by atoms with Crippen LogP contribution in [0.1, 0.15) is 247 Å². The molecule has 0 aromatic carbocycles. The number of nitrogens with zero attached hydrogens (tertiary/aromatic N) is 2. The van der Waals surface area contributed by atoms with E-state index in [-0.39, 0.29) is 0 Å². The molecule has 12 aliphatic carbocycles. The van der Waals surface area contributed by atoms with Crippen LogP contribution in [0, 0.1) is 99.1 Å². The first-order valence-corrected chi connectivity index (χ1v) is 30.1. The first-order valence-electron chi connectivity index (χ1n) is 30.1. The van der Waals surface area contributed by atoms with Crippen LogP contribution in [0.15, 0.2) is 0 Å². The summed E-state index contributed by atoms with van der Waals surface area (Å²) >= 11 is 0. The molecule has 18 unspecified atom stereocenters. The maximum Gasteiger partial charge on any atom is 0.0132 e. The van der Waals surface area contributed by atoms with E-state index in [9.17, 15) is 0 Å². The Labute approximate surface area is 390 Å². The fourth-order valence-electron chi connectivity index (χ4n) is 23.7. The molecule has 0 spiro atoms. The van der Waals surface area contributed by atoms with Crippen molar-refractivity contribution in [1.29, 1.82) is 0 Å². The minimum absolute atomic E-state index is 0.556. The van der Waals surface area contributed by atoms with Crippen molar-refractivity contribution in [2.24, 2.45) is 99.1 Å². The summed E-state index contributed by atoms with van der Waals surface area (Å²) in [7, 11) is 0. The fourth-order valence-corrected chi connectivity index (χ4v) is 23.7. The van der Waals surface area contributed by atoms with E-state index in [1.165, 1.54) is 89.9 Å². The molecule has 0 heterocycles. The molecule has 12 fully saturated rings. The van der Waals surface area contributed by atoms with Crippen molar-refractivity contribution in [3.05, 3.63) is 0 Å². The van der Waals surface area contributed by atoms with Crippen LogP contribution < -0.4 is 0 Å². The summed E-state index contributed by atoms with van der Waals surface area (Å²) in [5.41, 5.74) is 1.68. The average Bonchev–Trinajstić information content (AvgIpc) is 3.79. The van der Waals surface area contributed by atoms with Crippen LogP contribution in [0.2, 0.25) is 0 Å². The number of fused-ring (bicyclic) bond motifs is 10. The largest absolute Gasteiger partial charge is 0.294 e. The first-order chi connectivity index (χ1) is 30.5. The Balaban J connectivity index is 0.824. The van der Waals surface area contributed by atoms with Gasteiger partial charge < -0.3 is 0 Å². The molecule has 0 saturated heterocycles. The predicted molar refractivity (Wildman–Crippen MR) is 264 cm³/mol. The first kappa shape index (κ1) is 44.1. The van der Waals surface area contributed by atoms with Crippen LogP contribution in [0.3, 0.4) is 0 Å². The zero-order valence-corrected chi connectivity index (χ0v) is 42.6. The summed E-state index contributed by atoms with van der Waals surface area (Å²) in [5, 5.41) is 0. The van der Waals surface area contributed by atoms with E-state index in [1.54, 1.807) is 116 Å². The van der Waals surface area contributed by atoms with Crippen molar-refractivity contribution in [2.45, 2.75) is 283 Å². The van der Waals surface area contributed by atoms with Gasteiger partial charge in [-0.2, -0.15) is 0 Å². The van der Waals surface area contributed by atoms with Gasteiger partial charge in [-0.3, -0.25) is 9.80 Å². The second-order valence-corrected chi connectivity index (χ2v) is 28.9. The fraction of sp³-hybridized carbons (Fsp3) is 1.00. The van der Waals surface area contributed by atoms with E-state index in [4.69, 9.17) is 0 Å². The second-order valence-electron chi connectivity index (χ2n) is 28.9. The van der Waals surface area contributed by atoms with Crippen molar-refractivity contribution in [1.82, 2.24) is 9.80 Å². The van der Waals surface area contributed by atoms with Crippen LogP contribution in [-0.4, -0.2) is 46.1 Å². The molecule has 12 saturated carbocycles. The van der Waals surface area contributed by atoms with Gasteiger partial charge in [-0.1, -0.05) is 112 Å². The van der Waals surface area contributed by atoms with E-state index in [1.807, 2.05) is 0 Å². The highest BCUT2D eigenvalue weighted by Crippen LogP contribution is 2.67. The minimum atomic E-state index is 0.556. The molecule has 2 heteroatoms. The van der Waals surface area contributed by atoms with Gasteiger partial charge in [0.05, 0.1) is 0 Å². The Kier molecular flexibility index (Phi) is 12.0. The number of rotatable bonds is 6. The van der Waals surface area contributed by atoms with Crippen molar-refractivity contribution < 1.29 is 0 Å². The van der Waals surface area contributed by atoms with Crippen LogP contribution in [0.5, 0.6) is 0 Å². The van der Waals surface area contributed by atoms with Gasteiger partial charge in [0, 0.05) is 36.3 Å². The SMILES string of the molecule is CC1(C)C2CCCCC2C2CCC(N(C3CCC(N(C4CCC5C6CCCCC6C(C)(C)C5C4)C4CCCC5CCCCC54)CC3)C3CCC4C5CCCCC5C(C)(C)C4C3)CC21. The lowest BCUT2D eigenvalue weighted by molar-refractivity contribution is -0.0688. The molecule has 0 aromatic rings. The third-order valence-electron chi connectivity index (χ3n) is 26.2. The zero-order valence-electron chi connectivity index (χ0n) is 42.6. The molecule has 0 aromatic heterocycles. The molecular weight excluding hydrogens is 761 g/mol. The van der Waals surface area contributed by atoms with E-state index in [0.29, 0.717) is 16.2 Å². The monoisotopic (exact) mass is 863 g/mol. The molecule has 0 amide bonds. The van der Waals surface area contributed by atoms with Gasteiger partial charge in [0.15, 0.2) is 0 Å². The molecule has 2 nitrogen and oxygen atoms in total. The lowest BCUT2D eigenvalue weighted by Gasteiger charge is -2.56. The standard InChI is InChI=1S/C61H102N2/c1-59(2)52-22-12-9-19-46(52)49-33-30-42(36-55(49)59)62(43-31-34-50-47-20-10-13-23-53(47)60(3,4)56(50)37-43)40-26-28-41(29-27-40)63(58-25-15-17-39-16-7-8-18-45(39)58)44-32-35-51-48-21-11-14-24-54(48)61(5,6)57(51)38-44/h39-58H,7-38H2,1-6H3. The Bertz CT molecular complexity index is 1520. The highest BCUT2D eigenvalue weighted by Gasteiger charge is 2.61. The molecule has 356 valence electrons. The normalized spacial score (nSPS) is 52.2. The maximum absolute atomic E-state index is 3.49. The molecule has 12 rings (SSSR count). The number of hydrogen-bond acceptors (Lipinski definition) is 2. The third kappa shape index (κ3) is 7.27. The second kappa shape index (κ2) is 17.1. The van der Waals surface area contributed by atoms with Crippen LogP contribution in [-0.2, 0) is 0 Å². The zero-order chi connectivity index (χ0) is 42.8. The Morgan fingerprint density at radius 2 is 0.571 bits per heavy atom. The van der Waals surface area contributed by atoms with Crippen LogP contribution in [0.4, 0.5) is 0 Å². The maximum atomic E-state index is 3.49. The van der Waals surface area contributed by atoms with Gasteiger partial charge in [0.25, 0.3) is 0 Å². The van der Waals surface area contributed by atoms with Gasteiger partial charge in [-0.15, -0.1) is 0 Å². The molecule has 63 heavy (non-hydrogen) atoms. The highest BCUT2D eigenvalue weighted by molar-refractivity contribution is 5.12. The molecule has 0 bridgehead atoms. The van der Waals surface area contributed by atoms with E-state index in [0.717, 1.165) is 119 Å². The van der Waals surface area contributed by atoms with Gasteiger partial charge >= 0.3 is 0 Å². The lowest BCUT2D eigenvalue weighted by atomic mass is 9.64. The summed E-state index contributed by atoms with van der Waals surface area (Å²) in [4.78, 5) is 6.97. The summed E-state index contributed by atoms with van der Waals surface area (Å²) < 4.78 is 0. The summed E-state index contributed by atoms with van der Waals surface area (Å²) in [6.07, 6.45) is 49.4. The summed E-state index contributed by atoms with van der Waals surface area (Å²) in [6, 6.07) is 5.22. The molecule has 0 radical (unpaired) electrons. The Morgan fingerprint density at radius 1 is 0.254 bits per heavy atom. The van der Waals surface area contributed by atoms with Gasteiger partial charge in [-0.25, -0.2) is 0 Å². The smallest absolute Gasteiger partial charge is 0.0132 e. The van der Waals surface area contributed by atoms with E-state index >= 15 is 0 Å². The lowest BCUT2D eigenvalue weighted by Crippen LogP contribution is -2.59. The summed E-state index contributed by atoms with van der Waals surface area (Å²) in [5.74, 6) is 14.4. The third-order valence-corrected chi connectivity index (χ3v) is 26.2. The molecular formula is C61H102N2. The molecule has 18 atom stereocenters. The van der Waals surface area contributed by atoms with Crippen LogP contribution >= 0.6 is 0 Å². The van der Waals surface area contributed by atoms with Crippen molar-refractivity contribution in [3.63, 3.8) is 0 Å². The average molecular weight is 864 g/mol. The minimum Gasteiger partial charge on any atom is -0.294 e. The van der Waals surface area contributed by atoms with Gasteiger partial charge in [0.2, 0.25) is 0 Å². The highest BCUT2D eigenvalue weighted by atomic mass is 15.3. The van der Waals surface area contributed by atoms with E-state index in [2.05, 4.69) is 51.3 Å². The molecule has 0 N–H and O–H groups in total. The topological polar surface area (TPSA) is 6.48 Å². The summed E-state index contributed by atoms with van der Waals surface area (Å²) in [6.45, 7) is 16.7. The molecule has 12 aliphatic rings. The van der Waals surface area contributed by atoms with E-state index < -0.39 is 0 Å². The Morgan fingerprint density at radius 3 is 1.02 bits per heavy atom. The van der Waals surface area contributed by atoms with Crippen molar-refractivity contribution in [2.75, 3.05) is 0 Å². The van der Waals surface area contributed by atoms with Crippen LogP contribution in [0.25, 0.3) is 0 Å². The quantitative estimate of drug-likeness (QED) is 0.262. The number of hydrogen-bond donors (Lipinski definition) is 0. The Hall–Kier alpha value is -0.0800. The molecule has 0 aliphatic heterocycles. The van der Waals surface area contributed by atoms with Gasteiger partial charge in [0.1, 0.15) is 0 Å². The van der Waals surface area contributed by atoms with Crippen molar-refractivity contribution in [3.8, 4) is 0 Å². The van der Waals surface area contributed by atoms with Gasteiger partial charge in [-0.05, 0) is 234 Å². The van der Waals surface area contributed by atoms with Crippen molar-refractivity contribution >= 4 is 0 Å². The predicted octanol–water partition coefficient (Wildman–Crippen LogP) is 16.2.